The monoisotopic (exact) mass is 523 g/mol. The number of fused-ring (bicyclic) bond motifs is 8. The van der Waals surface area contributed by atoms with Crippen LogP contribution in [0.3, 0.4) is 0 Å². The van der Waals surface area contributed by atoms with E-state index in [0.29, 0.717) is 5.56 Å². The zero-order valence-electron chi connectivity index (χ0n) is 21.9. The van der Waals surface area contributed by atoms with Gasteiger partial charge in [-0.15, -0.1) is 0 Å². The molecule has 190 valence electrons. The maximum absolute atomic E-state index is 9.65. The van der Waals surface area contributed by atoms with Gasteiger partial charge < -0.3 is 0 Å². The summed E-state index contributed by atoms with van der Waals surface area (Å²) in [5, 5.41) is 12.8. The minimum Gasteiger partial charge on any atom is -0.292 e. The summed E-state index contributed by atoms with van der Waals surface area (Å²) < 4.78 is 2.16. The summed E-state index contributed by atoms with van der Waals surface area (Å²) in [5.74, 6) is 0. The van der Waals surface area contributed by atoms with E-state index >= 15 is 0 Å². The lowest BCUT2D eigenvalue weighted by atomic mass is 10.00. The first kappa shape index (κ1) is 23.1. The molecule has 5 nitrogen and oxygen atoms in total. The van der Waals surface area contributed by atoms with Crippen LogP contribution in [0.1, 0.15) is 5.56 Å². The summed E-state index contributed by atoms with van der Waals surface area (Å²) in [6, 6.07) is 45.0. The van der Waals surface area contributed by atoms with E-state index in [1.54, 1.807) is 0 Å². The lowest BCUT2D eigenvalue weighted by Gasteiger charge is -2.11. The highest BCUT2D eigenvalue weighted by Gasteiger charge is 2.15. The molecule has 0 aliphatic rings. The molecule has 4 heterocycles. The molecule has 4 aromatic heterocycles. The van der Waals surface area contributed by atoms with Gasteiger partial charge in [0.25, 0.3) is 0 Å². The Kier molecular flexibility index (Phi) is 5.13. The van der Waals surface area contributed by atoms with Gasteiger partial charge in [0.2, 0.25) is 0 Å². The van der Waals surface area contributed by atoms with Crippen LogP contribution >= 0.6 is 0 Å². The molecule has 0 unspecified atom stereocenters. The van der Waals surface area contributed by atoms with E-state index in [1.165, 1.54) is 0 Å². The van der Waals surface area contributed by atoms with Gasteiger partial charge in [0.05, 0.1) is 51.0 Å². The Morgan fingerprint density at radius 2 is 1.17 bits per heavy atom. The molecule has 0 fully saturated rings. The molecule has 0 radical (unpaired) electrons. The largest absolute Gasteiger partial charge is 0.292 e. The third kappa shape index (κ3) is 3.74. The van der Waals surface area contributed by atoms with Crippen molar-refractivity contribution in [3.8, 4) is 40.0 Å². The zero-order chi connectivity index (χ0) is 27.3. The van der Waals surface area contributed by atoms with E-state index in [2.05, 4.69) is 46.9 Å². The van der Waals surface area contributed by atoms with E-state index < -0.39 is 0 Å². The summed E-state index contributed by atoms with van der Waals surface area (Å²) in [6.07, 6.45) is 0. The number of nitrogens with zero attached hydrogens (tertiary/aromatic N) is 5. The van der Waals surface area contributed by atoms with E-state index in [9.17, 15) is 5.26 Å². The van der Waals surface area contributed by atoms with Crippen molar-refractivity contribution in [2.45, 2.75) is 0 Å². The molecule has 4 aromatic carbocycles. The predicted molar refractivity (Wildman–Crippen MR) is 164 cm³/mol. The molecule has 0 N–H and O–H groups in total. The standard InChI is InChI=1S/C36H21N5/c37-22-23-16-18-26-28-21-25(17-19-27(28)36-40-33-10-4-5-15-34(33)41(36)35(26)20-23)30-12-7-14-32(39-30)31-13-6-11-29(38-31)24-8-2-1-3-9-24/h1-21H. The van der Waals surface area contributed by atoms with Gasteiger partial charge in [-0.3, -0.25) is 4.40 Å². The van der Waals surface area contributed by atoms with Crippen LogP contribution in [0.25, 0.3) is 72.3 Å². The third-order valence-electron chi connectivity index (χ3n) is 7.61. The molecule has 0 spiro atoms. The van der Waals surface area contributed by atoms with Gasteiger partial charge in [0.1, 0.15) is 5.65 Å². The summed E-state index contributed by atoms with van der Waals surface area (Å²) in [5.41, 5.74) is 9.90. The average Bonchev–Trinajstić information content (AvgIpc) is 3.45. The Labute approximate surface area is 235 Å². The van der Waals surface area contributed by atoms with Gasteiger partial charge in [0.15, 0.2) is 0 Å². The number of imidazole rings is 1. The fourth-order valence-corrected chi connectivity index (χ4v) is 5.67. The highest BCUT2D eigenvalue weighted by Crippen LogP contribution is 2.35. The van der Waals surface area contributed by atoms with Gasteiger partial charge in [-0.1, -0.05) is 66.7 Å². The van der Waals surface area contributed by atoms with Crippen molar-refractivity contribution in [3.63, 3.8) is 0 Å². The molecule has 0 saturated carbocycles. The number of aromatic nitrogens is 4. The van der Waals surface area contributed by atoms with Crippen LogP contribution in [0.2, 0.25) is 0 Å². The minimum atomic E-state index is 0.617. The lowest BCUT2D eigenvalue weighted by molar-refractivity contribution is 1.25. The summed E-state index contributed by atoms with van der Waals surface area (Å²) in [6.45, 7) is 0. The molecule has 8 aromatic rings. The number of rotatable bonds is 3. The van der Waals surface area contributed by atoms with Gasteiger partial charge in [0, 0.05) is 21.9 Å². The second-order valence-corrected chi connectivity index (χ2v) is 10.0. The lowest BCUT2D eigenvalue weighted by Crippen LogP contribution is -1.94. The Bertz CT molecular complexity index is 2330. The number of para-hydroxylation sites is 2. The van der Waals surface area contributed by atoms with E-state index in [4.69, 9.17) is 15.0 Å². The summed E-state index contributed by atoms with van der Waals surface area (Å²) in [7, 11) is 0. The van der Waals surface area contributed by atoms with E-state index in [-0.39, 0.29) is 0 Å². The maximum atomic E-state index is 9.65. The molecule has 0 aliphatic heterocycles. The number of benzene rings is 4. The first-order valence-corrected chi connectivity index (χ1v) is 13.4. The molecule has 5 heteroatoms. The van der Waals surface area contributed by atoms with Crippen molar-refractivity contribution in [2.75, 3.05) is 0 Å². The van der Waals surface area contributed by atoms with Gasteiger partial charge in [-0.2, -0.15) is 5.26 Å². The maximum Gasteiger partial charge on any atom is 0.146 e. The molecule has 8 rings (SSSR count). The van der Waals surface area contributed by atoms with Crippen molar-refractivity contribution >= 4 is 38.4 Å². The van der Waals surface area contributed by atoms with Gasteiger partial charge >= 0.3 is 0 Å². The second-order valence-electron chi connectivity index (χ2n) is 10.0. The fraction of sp³-hybridized carbons (Fsp3) is 0. The zero-order valence-corrected chi connectivity index (χ0v) is 21.9. The molecule has 41 heavy (non-hydrogen) atoms. The van der Waals surface area contributed by atoms with Crippen LogP contribution in [0.5, 0.6) is 0 Å². The van der Waals surface area contributed by atoms with E-state index in [0.717, 1.165) is 72.3 Å². The van der Waals surface area contributed by atoms with Crippen molar-refractivity contribution in [1.82, 2.24) is 19.4 Å². The van der Waals surface area contributed by atoms with Crippen molar-refractivity contribution in [2.24, 2.45) is 0 Å². The smallest absolute Gasteiger partial charge is 0.146 e. The SMILES string of the molecule is N#Cc1ccc2c3cc(-c4cccc(-c5cccc(-c6ccccc6)n5)n4)ccc3c3nc4ccccc4n3c2c1. The average molecular weight is 524 g/mol. The summed E-state index contributed by atoms with van der Waals surface area (Å²) in [4.78, 5) is 14.9. The fourth-order valence-electron chi connectivity index (χ4n) is 5.67. The molecular formula is C36H21N5. The number of pyridine rings is 3. The normalized spacial score (nSPS) is 11.4. The second kappa shape index (κ2) is 9.11. The Balaban J connectivity index is 1.32. The van der Waals surface area contributed by atoms with Crippen LogP contribution in [0, 0.1) is 11.3 Å². The van der Waals surface area contributed by atoms with E-state index in [1.807, 2.05) is 91.0 Å². The Morgan fingerprint density at radius 1 is 0.488 bits per heavy atom. The molecule has 0 saturated heterocycles. The number of nitriles is 1. The number of hydrogen-bond donors (Lipinski definition) is 0. The van der Waals surface area contributed by atoms with Crippen LogP contribution in [-0.2, 0) is 0 Å². The minimum absolute atomic E-state index is 0.617. The highest BCUT2D eigenvalue weighted by atomic mass is 15.0. The van der Waals surface area contributed by atoms with Gasteiger partial charge in [-0.05, 0) is 66.0 Å². The third-order valence-corrected chi connectivity index (χ3v) is 7.61. The Hall–Kier alpha value is -5.86. The van der Waals surface area contributed by atoms with Crippen molar-refractivity contribution in [3.05, 3.63) is 133 Å². The first-order chi connectivity index (χ1) is 20.3. The highest BCUT2D eigenvalue weighted by molar-refractivity contribution is 6.14. The van der Waals surface area contributed by atoms with Crippen LogP contribution < -0.4 is 0 Å². The molecule has 0 amide bonds. The summed E-state index contributed by atoms with van der Waals surface area (Å²) >= 11 is 0. The first-order valence-electron chi connectivity index (χ1n) is 13.4. The Morgan fingerprint density at radius 3 is 1.95 bits per heavy atom. The van der Waals surface area contributed by atoms with Gasteiger partial charge in [-0.25, -0.2) is 15.0 Å². The van der Waals surface area contributed by atoms with Crippen LogP contribution in [0.15, 0.2) is 127 Å². The topological polar surface area (TPSA) is 66.9 Å². The van der Waals surface area contributed by atoms with Crippen molar-refractivity contribution in [1.29, 1.82) is 5.26 Å². The van der Waals surface area contributed by atoms with Crippen LogP contribution in [0.4, 0.5) is 0 Å². The molecule has 0 bridgehead atoms. The number of hydrogen-bond acceptors (Lipinski definition) is 4. The van der Waals surface area contributed by atoms with Crippen LogP contribution in [-0.4, -0.2) is 19.4 Å². The molecule has 0 aliphatic carbocycles. The van der Waals surface area contributed by atoms with Crippen molar-refractivity contribution < 1.29 is 0 Å². The molecule has 0 atom stereocenters. The quantitative estimate of drug-likeness (QED) is 0.218. The predicted octanol–water partition coefficient (Wildman–Crippen LogP) is 8.46. The molecular weight excluding hydrogens is 502 g/mol.